The number of rotatable bonds is 4. The lowest BCUT2D eigenvalue weighted by Gasteiger charge is -2.45. The first-order valence-corrected chi connectivity index (χ1v) is 14.0. The summed E-state index contributed by atoms with van der Waals surface area (Å²) in [5, 5.41) is 1.03. The van der Waals surface area contributed by atoms with Gasteiger partial charge in [0.2, 0.25) is 0 Å². The van der Waals surface area contributed by atoms with Crippen LogP contribution in [0, 0.1) is 0 Å². The Bertz CT molecular complexity index is 1280. The minimum Gasteiger partial charge on any atom is -0.341 e. The molecule has 4 aromatic carbocycles. The fourth-order valence-corrected chi connectivity index (χ4v) is 6.90. The zero-order valence-electron chi connectivity index (χ0n) is 18.0. The topological polar surface area (TPSA) is 3.24 Å². The van der Waals surface area contributed by atoms with E-state index in [-0.39, 0.29) is 5.41 Å². The predicted molar refractivity (Wildman–Crippen MR) is 149 cm³/mol. The number of benzene rings is 4. The molecule has 0 atom stereocenters. The molecule has 0 amide bonds. The number of nitrogens with zero attached hydrogens (tertiary/aromatic N) is 1. The van der Waals surface area contributed by atoms with E-state index in [1.807, 2.05) is 0 Å². The highest BCUT2D eigenvalue weighted by molar-refractivity contribution is 9.10. The van der Waals surface area contributed by atoms with E-state index in [0.717, 1.165) is 33.7 Å². The summed E-state index contributed by atoms with van der Waals surface area (Å²) >= 11 is 11.2. The molecule has 0 fully saturated rings. The Balaban J connectivity index is 1.74. The summed E-state index contributed by atoms with van der Waals surface area (Å²) in [5.41, 5.74) is 10.3. The fraction of sp³-hybridized carbons (Fsp3) is 0.172. The van der Waals surface area contributed by atoms with Crippen molar-refractivity contribution in [2.75, 3.05) is 16.8 Å². The van der Waals surface area contributed by atoms with Gasteiger partial charge in [-0.1, -0.05) is 96.3 Å². The van der Waals surface area contributed by atoms with E-state index in [1.54, 1.807) is 0 Å². The van der Waals surface area contributed by atoms with Gasteiger partial charge < -0.3 is 4.90 Å². The van der Waals surface area contributed by atoms with Crippen molar-refractivity contribution in [1.82, 2.24) is 0 Å². The first-order chi connectivity index (χ1) is 16.2. The maximum atomic E-state index is 3.81. The average Bonchev–Trinajstić information content (AvgIpc) is 3.13. The van der Waals surface area contributed by atoms with Gasteiger partial charge >= 0.3 is 0 Å². The largest absolute Gasteiger partial charge is 0.341 e. The summed E-state index contributed by atoms with van der Waals surface area (Å²) in [6, 6.07) is 31.5. The highest BCUT2D eigenvalue weighted by atomic mass is 79.9. The molecule has 0 saturated heterocycles. The van der Waals surface area contributed by atoms with Crippen LogP contribution < -0.4 is 4.90 Å². The summed E-state index contributed by atoms with van der Waals surface area (Å²) in [6.07, 6.45) is 2.29. The molecule has 4 aromatic rings. The molecule has 1 nitrogen and oxygen atoms in total. The van der Waals surface area contributed by atoms with Gasteiger partial charge in [0.25, 0.3) is 0 Å². The maximum Gasteiger partial charge on any atom is 0.0754 e. The van der Waals surface area contributed by atoms with Gasteiger partial charge in [-0.2, -0.15) is 0 Å². The first kappa shape index (κ1) is 21.6. The van der Waals surface area contributed by atoms with Crippen molar-refractivity contribution < 1.29 is 0 Å². The summed E-state index contributed by atoms with van der Waals surface area (Å²) < 4.78 is 2.22. The van der Waals surface area contributed by atoms with Crippen LogP contribution in [0.4, 0.5) is 11.4 Å². The van der Waals surface area contributed by atoms with Crippen molar-refractivity contribution in [2.45, 2.75) is 18.3 Å². The van der Waals surface area contributed by atoms with Crippen LogP contribution in [0.2, 0.25) is 0 Å². The summed E-state index contributed by atoms with van der Waals surface area (Å²) in [7, 11) is 0. The van der Waals surface area contributed by atoms with Gasteiger partial charge in [-0.25, -0.2) is 0 Å². The Morgan fingerprint density at radius 1 is 0.606 bits per heavy atom. The molecule has 1 aliphatic carbocycles. The lowest BCUT2D eigenvalue weighted by Crippen LogP contribution is -2.38. The van der Waals surface area contributed by atoms with E-state index in [2.05, 4.69) is 138 Å². The van der Waals surface area contributed by atoms with Gasteiger partial charge in [0, 0.05) is 32.2 Å². The Kier molecular flexibility index (Phi) is 5.51. The number of alkyl halides is 1. The number of unbranched alkanes of at least 4 members (excludes halogenated alkanes) is 1. The minimum absolute atomic E-state index is 0.350. The number of fused-ring (bicyclic) bond motifs is 9. The second-order valence-electron chi connectivity index (χ2n) is 8.71. The van der Waals surface area contributed by atoms with Crippen molar-refractivity contribution in [3.63, 3.8) is 0 Å². The van der Waals surface area contributed by atoms with Gasteiger partial charge in [-0.15, -0.1) is 0 Å². The van der Waals surface area contributed by atoms with Gasteiger partial charge in [-0.3, -0.25) is 0 Å². The van der Waals surface area contributed by atoms with Crippen LogP contribution in [-0.2, 0) is 5.41 Å². The van der Waals surface area contributed by atoms with Crippen molar-refractivity contribution in [3.8, 4) is 11.1 Å². The Morgan fingerprint density at radius 2 is 1.12 bits per heavy atom. The van der Waals surface area contributed by atoms with Crippen LogP contribution in [0.5, 0.6) is 0 Å². The molecule has 1 spiro atoms. The van der Waals surface area contributed by atoms with E-state index in [9.17, 15) is 0 Å². The molecule has 1 aliphatic heterocycles. The third kappa shape index (κ3) is 3.14. The molecule has 0 radical (unpaired) electrons. The smallest absolute Gasteiger partial charge is 0.0754 e. The van der Waals surface area contributed by atoms with Crippen molar-refractivity contribution in [3.05, 3.63) is 116 Å². The molecule has 2 aliphatic rings. The maximum absolute atomic E-state index is 3.81. The third-order valence-corrected chi connectivity index (χ3v) is 8.57. The first-order valence-electron chi connectivity index (χ1n) is 11.3. The molecule has 0 aromatic heterocycles. The van der Waals surface area contributed by atoms with Crippen LogP contribution in [0.1, 0.15) is 35.1 Å². The zero-order valence-corrected chi connectivity index (χ0v) is 22.8. The van der Waals surface area contributed by atoms with Gasteiger partial charge in [-0.05, 0) is 82.6 Å². The SMILES string of the molecule is BrCCCCN1c2ccc(Br)cc2C2(c3ccccc3-c3ccccc32)c2cc(Br)ccc21. The van der Waals surface area contributed by atoms with E-state index >= 15 is 0 Å². The summed E-state index contributed by atoms with van der Waals surface area (Å²) in [5.74, 6) is 0. The molecule has 33 heavy (non-hydrogen) atoms. The average molecular weight is 624 g/mol. The van der Waals surface area contributed by atoms with Crippen LogP contribution in [0.3, 0.4) is 0 Å². The lowest BCUT2D eigenvalue weighted by molar-refractivity contribution is 0.715. The number of halogens is 3. The fourth-order valence-electron chi connectivity index (χ4n) is 5.78. The standard InChI is InChI=1S/C29H22Br3N/c30-15-5-6-16-33-27-13-11-19(31)17-25(27)29(26-18-20(32)12-14-28(26)33)23-9-3-1-7-21(23)22-8-2-4-10-24(22)29/h1-4,7-14,17-18H,5-6,15-16H2. The predicted octanol–water partition coefficient (Wildman–Crippen LogP) is 9.20. The Morgan fingerprint density at radius 3 is 1.64 bits per heavy atom. The van der Waals surface area contributed by atoms with Crippen molar-refractivity contribution in [1.29, 1.82) is 0 Å². The Labute approximate surface area is 220 Å². The molecule has 4 heteroatoms. The van der Waals surface area contributed by atoms with Crippen LogP contribution in [0.25, 0.3) is 11.1 Å². The van der Waals surface area contributed by atoms with Gasteiger partial charge in [0.15, 0.2) is 0 Å². The molecule has 0 bridgehead atoms. The van der Waals surface area contributed by atoms with E-state index < -0.39 is 0 Å². The number of anilines is 2. The summed E-state index contributed by atoms with van der Waals surface area (Å²) in [4.78, 5) is 2.53. The lowest BCUT2D eigenvalue weighted by atomic mass is 9.64. The zero-order chi connectivity index (χ0) is 22.6. The Hall–Kier alpha value is -1.88. The highest BCUT2D eigenvalue weighted by Crippen LogP contribution is 2.62. The van der Waals surface area contributed by atoms with Gasteiger partial charge in [0.1, 0.15) is 0 Å². The van der Waals surface area contributed by atoms with Gasteiger partial charge in [0.05, 0.1) is 5.41 Å². The molecule has 0 saturated carbocycles. The van der Waals surface area contributed by atoms with Crippen LogP contribution >= 0.6 is 47.8 Å². The monoisotopic (exact) mass is 621 g/mol. The van der Waals surface area contributed by atoms with Crippen LogP contribution in [-0.4, -0.2) is 11.9 Å². The number of hydrogen-bond donors (Lipinski definition) is 0. The third-order valence-electron chi connectivity index (χ3n) is 7.02. The second-order valence-corrected chi connectivity index (χ2v) is 11.3. The van der Waals surface area contributed by atoms with Crippen molar-refractivity contribution in [2.24, 2.45) is 0 Å². The second kappa shape index (κ2) is 8.41. The molecule has 164 valence electrons. The normalized spacial score (nSPS) is 14.6. The number of hydrogen-bond acceptors (Lipinski definition) is 1. The molecule has 0 unspecified atom stereocenters. The molecule has 6 rings (SSSR count). The molecule has 1 heterocycles. The quantitative estimate of drug-likeness (QED) is 0.142. The van der Waals surface area contributed by atoms with Crippen LogP contribution in [0.15, 0.2) is 93.9 Å². The molecular formula is C29H22Br3N. The van der Waals surface area contributed by atoms with Crippen molar-refractivity contribution >= 4 is 59.2 Å². The minimum atomic E-state index is -0.350. The van der Waals surface area contributed by atoms with E-state index in [4.69, 9.17) is 0 Å². The van der Waals surface area contributed by atoms with E-state index in [1.165, 1.54) is 44.8 Å². The molecule has 0 N–H and O–H groups in total. The molecular weight excluding hydrogens is 602 g/mol. The highest BCUT2D eigenvalue weighted by Gasteiger charge is 2.51. The van der Waals surface area contributed by atoms with E-state index in [0.29, 0.717) is 0 Å². The summed E-state index contributed by atoms with van der Waals surface area (Å²) in [6.45, 7) is 0.994.